The molecule has 1 aliphatic rings. The van der Waals surface area contributed by atoms with Crippen molar-refractivity contribution in [3.8, 4) is 5.75 Å². The predicted molar refractivity (Wildman–Crippen MR) is 90.7 cm³/mol. The topological polar surface area (TPSA) is 42.0 Å². The number of anilines is 1. The monoisotopic (exact) mass is 378 g/mol. The molecule has 0 spiro atoms. The number of piperazine rings is 1. The van der Waals surface area contributed by atoms with E-state index in [9.17, 15) is 4.79 Å². The van der Waals surface area contributed by atoms with E-state index >= 15 is 0 Å². The molecule has 0 N–H and O–H groups in total. The molecule has 0 aromatic heterocycles. The molecule has 1 amide bonds. The Bertz CT molecular complexity index is 816. The summed E-state index contributed by atoms with van der Waals surface area (Å²) in [6.07, 6.45) is -1.52. The first-order chi connectivity index (χ1) is 13.3. The second-order valence-corrected chi connectivity index (χ2v) is 6.33. The summed E-state index contributed by atoms with van der Waals surface area (Å²) in [6, 6.07) is 4.14. The fraction of sp³-hybridized carbons (Fsp3) is 0.562. The zero-order valence-corrected chi connectivity index (χ0v) is 14.3. The third-order valence-electron chi connectivity index (χ3n) is 2.51. The summed E-state index contributed by atoms with van der Waals surface area (Å²) in [5, 5.41) is 0. The summed E-state index contributed by atoms with van der Waals surface area (Å²) < 4.78 is 77.8. The van der Waals surface area contributed by atoms with Gasteiger partial charge in [0.1, 0.15) is 11.4 Å². The van der Waals surface area contributed by atoms with Crippen LogP contribution < -0.4 is 9.64 Å². The highest BCUT2D eigenvalue weighted by Gasteiger charge is 2.26. The third-order valence-corrected chi connectivity index (χ3v) is 3.00. The van der Waals surface area contributed by atoms with Crippen LogP contribution in [0.25, 0.3) is 0 Å². The number of benzene rings is 1. The van der Waals surface area contributed by atoms with E-state index in [2.05, 4.69) is 15.9 Å². The number of nitrogens with zero attached hydrogens (tertiary/aromatic N) is 2. The number of ether oxygens (including phenoxy) is 2. The summed E-state index contributed by atoms with van der Waals surface area (Å²) in [5.41, 5.74) is -1.37. The highest BCUT2D eigenvalue weighted by Crippen LogP contribution is 2.32. The lowest BCUT2D eigenvalue weighted by Crippen LogP contribution is -2.50. The molecule has 0 bridgehead atoms. The second-order valence-electron chi connectivity index (χ2n) is 5.41. The van der Waals surface area contributed by atoms with Gasteiger partial charge in [-0.2, -0.15) is 0 Å². The molecular formula is C16H23BrN2O3. The molecule has 22 heavy (non-hydrogen) atoms. The predicted octanol–water partition coefficient (Wildman–Crippen LogP) is 3.51. The number of methoxy groups -OCH3 is 1. The molecule has 6 heteroatoms. The summed E-state index contributed by atoms with van der Waals surface area (Å²) in [6.45, 7) is -8.68. The molecule has 5 nitrogen and oxygen atoms in total. The van der Waals surface area contributed by atoms with Gasteiger partial charge in [0.25, 0.3) is 0 Å². The summed E-state index contributed by atoms with van der Waals surface area (Å²) in [5.74, 6) is -0.0190. The maximum atomic E-state index is 12.7. The minimum atomic E-state index is -3.33. The Balaban J connectivity index is 2.76. The first kappa shape index (κ1) is 9.01. The third kappa shape index (κ3) is 4.29. The lowest BCUT2D eigenvalue weighted by Gasteiger charge is -2.37. The van der Waals surface area contributed by atoms with Crippen molar-refractivity contribution in [3.05, 3.63) is 22.7 Å². The number of hydrogen-bond acceptors (Lipinski definition) is 4. The van der Waals surface area contributed by atoms with Crippen molar-refractivity contribution in [2.24, 2.45) is 0 Å². The van der Waals surface area contributed by atoms with Gasteiger partial charge in [-0.1, -0.05) is 15.9 Å². The molecule has 0 atom stereocenters. The Morgan fingerprint density at radius 3 is 2.45 bits per heavy atom. The van der Waals surface area contributed by atoms with Crippen LogP contribution in [0.5, 0.6) is 5.75 Å². The SMILES string of the molecule is [2H]C1([2H])N(C(=O)OC(C)(C)C)C([2H])([2H])C([2H])([2H])N(c2ccc(Br)cc2OC)C1([2H])[2H]. The molecule has 1 saturated heterocycles. The van der Waals surface area contributed by atoms with Crippen LogP contribution in [0.15, 0.2) is 22.7 Å². The number of amides is 1. The zero-order chi connectivity index (χ0) is 23.5. The summed E-state index contributed by atoms with van der Waals surface area (Å²) in [7, 11) is 1.26. The number of carbonyl (C=O) groups excluding carboxylic acids is 1. The number of carbonyl (C=O) groups is 1. The highest BCUT2D eigenvalue weighted by atomic mass is 79.9. The van der Waals surface area contributed by atoms with Gasteiger partial charge < -0.3 is 19.3 Å². The van der Waals surface area contributed by atoms with Crippen LogP contribution in [0.1, 0.15) is 31.7 Å². The van der Waals surface area contributed by atoms with Gasteiger partial charge in [0, 0.05) is 30.5 Å². The average molecular weight is 379 g/mol. The van der Waals surface area contributed by atoms with Crippen LogP contribution in [-0.2, 0) is 4.74 Å². The van der Waals surface area contributed by atoms with Gasteiger partial charge in [-0.15, -0.1) is 0 Å². The Labute approximate surface area is 151 Å². The van der Waals surface area contributed by atoms with E-state index in [0.717, 1.165) is 0 Å². The summed E-state index contributed by atoms with van der Waals surface area (Å²) >= 11 is 3.22. The standard InChI is InChI=1S/C16H23BrN2O3/c1-16(2,3)22-15(20)19-9-7-18(8-10-19)13-6-5-12(17)11-14(13)21-4/h5-6,11H,7-10H2,1-4H3/i7D2,8D2,9D2,10D2. The van der Waals surface area contributed by atoms with Crippen LogP contribution in [0.4, 0.5) is 10.5 Å². The van der Waals surface area contributed by atoms with Gasteiger partial charge >= 0.3 is 6.09 Å². The van der Waals surface area contributed by atoms with Crippen LogP contribution in [0, 0.1) is 0 Å². The van der Waals surface area contributed by atoms with Crippen LogP contribution in [0.3, 0.4) is 0 Å². The molecule has 0 saturated carbocycles. The van der Waals surface area contributed by atoms with Gasteiger partial charge in [0.15, 0.2) is 0 Å². The Kier molecular flexibility index (Phi) is 2.77. The smallest absolute Gasteiger partial charge is 0.410 e. The van der Waals surface area contributed by atoms with Crippen LogP contribution >= 0.6 is 15.9 Å². The Hall–Kier alpha value is -1.43. The normalized spacial score (nSPS) is 30.2. The van der Waals surface area contributed by atoms with Crippen LogP contribution in [0.2, 0.25) is 0 Å². The van der Waals surface area contributed by atoms with Crippen molar-refractivity contribution in [1.29, 1.82) is 0 Å². The first-order valence-electron chi connectivity index (χ1n) is 10.5. The number of halogens is 1. The van der Waals surface area contributed by atoms with E-state index in [4.69, 9.17) is 20.4 Å². The number of hydrogen-bond donors (Lipinski definition) is 0. The molecule has 1 aliphatic heterocycles. The Morgan fingerprint density at radius 2 is 1.91 bits per heavy atom. The van der Waals surface area contributed by atoms with E-state index < -0.39 is 37.7 Å². The van der Waals surface area contributed by atoms with E-state index in [0.29, 0.717) is 9.37 Å². The maximum absolute atomic E-state index is 12.7. The van der Waals surface area contributed by atoms with Crippen molar-refractivity contribution in [2.45, 2.75) is 26.4 Å². The van der Waals surface area contributed by atoms with Crippen LogP contribution in [-0.4, -0.2) is 49.7 Å². The lowest BCUT2D eigenvalue weighted by molar-refractivity contribution is 0.0240. The minimum absolute atomic E-state index is 0.0190. The van der Waals surface area contributed by atoms with Gasteiger partial charge in [-0.05, 0) is 39.0 Å². The quantitative estimate of drug-likeness (QED) is 0.789. The average Bonchev–Trinajstić information content (AvgIpc) is 2.52. The van der Waals surface area contributed by atoms with Gasteiger partial charge in [-0.3, -0.25) is 0 Å². The highest BCUT2D eigenvalue weighted by molar-refractivity contribution is 9.10. The van der Waals surface area contributed by atoms with Crippen molar-refractivity contribution in [2.75, 3.05) is 38.0 Å². The molecular weight excluding hydrogens is 348 g/mol. The first-order valence-corrected chi connectivity index (χ1v) is 7.29. The minimum Gasteiger partial charge on any atom is -0.495 e. The fourth-order valence-corrected chi connectivity index (χ4v) is 1.95. The Morgan fingerprint density at radius 1 is 1.27 bits per heavy atom. The van der Waals surface area contributed by atoms with E-state index in [-0.39, 0.29) is 16.3 Å². The molecule has 2 rings (SSSR count). The molecule has 1 heterocycles. The van der Waals surface area contributed by atoms with Gasteiger partial charge in [0.05, 0.1) is 23.8 Å². The van der Waals surface area contributed by atoms with Crippen molar-refractivity contribution in [1.82, 2.24) is 4.90 Å². The second kappa shape index (κ2) is 6.77. The maximum Gasteiger partial charge on any atom is 0.410 e. The van der Waals surface area contributed by atoms with Crippen molar-refractivity contribution < 1.29 is 25.2 Å². The van der Waals surface area contributed by atoms with Gasteiger partial charge in [-0.25, -0.2) is 4.79 Å². The molecule has 122 valence electrons. The molecule has 1 fully saturated rings. The van der Waals surface area contributed by atoms with Crippen molar-refractivity contribution >= 4 is 27.7 Å². The zero-order valence-electron chi connectivity index (χ0n) is 20.7. The molecule has 0 aliphatic carbocycles. The van der Waals surface area contributed by atoms with E-state index in [1.807, 2.05) is 0 Å². The molecule has 1 aromatic rings. The number of rotatable bonds is 2. The lowest BCUT2D eigenvalue weighted by atomic mass is 10.2. The fourth-order valence-electron chi connectivity index (χ4n) is 1.61. The largest absolute Gasteiger partial charge is 0.495 e. The van der Waals surface area contributed by atoms with E-state index in [1.165, 1.54) is 46.1 Å². The molecule has 1 aromatic carbocycles. The molecule has 0 unspecified atom stereocenters. The summed E-state index contributed by atoms with van der Waals surface area (Å²) in [4.78, 5) is 12.9. The van der Waals surface area contributed by atoms with E-state index in [1.54, 1.807) is 0 Å². The van der Waals surface area contributed by atoms with Gasteiger partial charge in [0.2, 0.25) is 0 Å². The molecule has 0 radical (unpaired) electrons. The van der Waals surface area contributed by atoms with Crippen molar-refractivity contribution in [3.63, 3.8) is 0 Å².